The van der Waals surface area contributed by atoms with E-state index in [2.05, 4.69) is 50.1 Å². The Balaban J connectivity index is 1.25. The molecule has 6 nitrogen and oxygen atoms in total. The molecule has 3 aliphatic rings. The summed E-state index contributed by atoms with van der Waals surface area (Å²) in [7, 11) is 1.64. The van der Waals surface area contributed by atoms with Crippen LogP contribution >= 0.6 is 0 Å². The smallest absolute Gasteiger partial charge is 0.252 e. The lowest BCUT2D eigenvalue weighted by Gasteiger charge is -2.31. The molecule has 1 amide bonds. The Morgan fingerprint density at radius 1 is 1.06 bits per heavy atom. The fourth-order valence-corrected chi connectivity index (χ4v) is 5.53. The maximum atomic E-state index is 11.7. The molecule has 2 fully saturated rings. The van der Waals surface area contributed by atoms with Crippen molar-refractivity contribution in [3.05, 3.63) is 53.2 Å². The Labute approximate surface area is 185 Å². The second-order valence-electron chi connectivity index (χ2n) is 9.23. The normalized spacial score (nSPS) is 23.8. The maximum absolute atomic E-state index is 11.7. The molecule has 0 spiro atoms. The zero-order valence-corrected chi connectivity index (χ0v) is 18.7. The van der Waals surface area contributed by atoms with Crippen LogP contribution < -0.4 is 15.1 Å². The van der Waals surface area contributed by atoms with E-state index in [1.165, 1.54) is 49.2 Å². The Kier molecular flexibility index (Phi) is 5.57. The van der Waals surface area contributed by atoms with Crippen LogP contribution in [-0.4, -0.2) is 61.1 Å². The van der Waals surface area contributed by atoms with Gasteiger partial charge in [-0.3, -0.25) is 9.69 Å². The van der Waals surface area contributed by atoms with Gasteiger partial charge in [-0.15, -0.1) is 0 Å². The molecule has 4 heterocycles. The summed E-state index contributed by atoms with van der Waals surface area (Å²) >= 11 is 0. The number of hydrogen-bond donors (Lipinski definition) is 1. The predicted octanol–water partition coefficient (Wildman–Crippen LogP) is 3.07. The van der Waals surface area contributed by atoms with Crippen LogP contribution in [0.15, 0.2) is 36.5 Å². The molecule has 0 aliphatic carbocycles. The Morgan fingerprint density at radius 3 is 2.71 bits per heavy atom. The number of nitrogens with one attached hydrogen (secondary N) is 1. The lowest BCUT2D eigenvalue weighted by molar-refractivity contribution is 0.0962. The second kappa shape index (κ2) is 8.50. The molecule has 0 bridgehead atoms. The number of likely N-dealkylation sites (tertiary alicyclic amines) is 1. The third-order valence-electron chi connectivity index (χ3n) is 7.37. The molecule has 31 heavy (non-hydrogen) atoms. The molecule has 2 saturated heterocycles. The number of carbonyl (C=O) groups excluding carboxylic acids is 1. The molecular weight excluding hydrogens is 386 g/mol. The van der Waals surface area contributed by atoms with Gasteiger partial charge in [0, 0.05) is 57.2 Å². The monoisotopic (exact) mass is 419 g/mol. The maximum Gasteiger partial charge on any atom is 0.252 e. The van der Waals surface area contributed by atoms with Crippen molar-refractivity contribution in [3.63, 3.8) is 0 Å². The van der Waals surface area contributed by atoms with Crippen molar-refractivity contribution in [2.24, 2.45) is 0 Å². The summed E-state index contributed by atoms with van der Waals surface area (Å²) in [5, 5.41) is 2.64. The largest absolute Gasteiger partial charge is 0.370 e. The molecule has 1 N–H and O–H groups in total. The van der Waals surface area contributed by atoms with E-state index in [1.54, 1.807) is 13.2 Å². The second-order valence-corrected chi connectivity index (χ2v) is 9.23. The van der Waals surface area contributed by atoms with Gasteiger partial charge in [0.25, 0.3) is 5.91 Å². The number of hydrogen-bond acceptors (Lipinski definition) is 5. The van der Waals surface area contributed by atoms with Crippen LogP contribution in [0.1, 0.15) is 47.7 Å². The highest BCUT2D eigenvalue weighted by Crippen LogP contribution is 2.31. The number of aromatic nitrogens is 1. The van der Waals surface area contributed by atoms with Crippen LogP contribution in [0.3, 0.4) is 0 Å². The fraction of sp³-hybridized carbons (Fsp3) is 0.520. The van der Waals surface area contributed by atoms with Crippen LogP contribution in [0.25, 0.3) is 0 Å². The minimum absolute atomic E-state index is 0.0982. The van der Waals surface area contributed by atoms with E-state index in [0.29, 0.717) is 11.6 Å². The molecule has 6 heteroatoms. The molecule has 2 aromatic rings. The number of amides is 1. The molecule has 0 saturated carbocycles. The van der Waals surface area contributed by atoms with Gasteiger partial charge >= 0.3 is 0 Å². The fourth-order valence-electron chi connectivity index (χ4n) is 5.53. The summed E-state index contributed by atoms with van der Waals surface area (Å²) in [6.07, 6.45) is 6.69. The zero-order chi connectivity index (χ0) is 21.4. The molecule has 0 unspecified atom stereocenters. The number of carbonyl (C=O) groups is 1. The standard InChI is InChI=1S/C25H33N5O/c1-18-4-3-11-30(18)23-10-13-28(17-23)22-7-5-21-16-29(12-9-19(21)14-22)24-8-6-20(15-27-24)25(31)26-2/h5-8,14-15,18,23H,3-4,9-13,16-17H2,1-2H3,(H,26,31)/t18-,23-/m0/s1. The van der Waals surface area contributed by atoms with Crippen molar-refractivity contribution in [1.29, 1.82) is 0 Å². The molecule has 2 atom stereocenters. The van der Waals surface area contributed by atoms with Gasteiger partial charge in [0.1, 0.15) is 5.82 Å². The van der Waals surface area contributed by atoms with Gasteiger partial charge in [0.15, 0.2) is 0 Å². The highest BCUT2D eigenvalue weighted by molar-refractivity contribution is 5.93. The number of anilines is 2. The van der Waals surface area contributed by atoms with Gasteiger partial charge in [0.2, 0.25) is 0 Å². The highest BCUT2D eigenvalue weighted by Gasteiger charge is 2.33. The molecule has 5 rings (SSSR count). The van der Waals surface area contributed by atoms with E-state index in [4.69, 9.17) is 0 Å². The number of fused-ring (bicyclic) bond motifs is 1. The van der Waals surface area contributed by atoms with Crippen LogP contribution in [-0.2, 0) is 13.0 Å². The number of benzene rings is 1. The van der Waals surface area contributed by atoms with Crippen LogP contribution in [0.4, 0.5) is 11.5 Å². The third-order valence-corrected chi connectivity index (χ3v) is 7.37. The highest BCUT2D eigenvalue weighted by atomic mass is 16.1. The van der Waals surface area contributed by atoms with E-state index in [-0.39, 0.29) is 5.91 Å². The van der Waals surface area contributed by atoms with Crippen molar-refractivity contribution < 1.29 is 4.79 Å². The molecule has 1 aromatic heterocycles. The van der Waals surface area contributed by atoms with Crippen molar-refractivity contribution in [2.45, 2.75) is 51.2 Å². The topological polar surface area (TPSA) is 51.7 Å². The molecule has 164 valence electrons. The minimum atomic E-state index is -0.0982. The molecule has 3 aliphatic heterocycles. The van der Waals surface area contributed by atoms with E-state index in [0.717, 1.165) is 37.9 Å². The van der Waals surface area contributed by atoms with Crippen LogP contribution in [0, 0.1) is 0 Å². The first-order valence-electron chi connectivity index (χ1n) is 11.7. The number of pyridine rings is 1. The summed E-state index contributed by atoms with van der Waals surface area (Å²) in [6.45, 7) is 7.82. The number of nitrogens with zero attached hydrogens (tertiary/aromatic N) is 4. The van der Waals surface area contributed by atoms with Crippen LogP contribution in [0.5, 0.6) is 0 Å². The van der Waals surface area contributed by atoms with Gasteiger partial charge in [-0.2, -0.15) is 0 Å². The van der Waals surface area contributed by atoms with Crippen molar-refractivity contribution >= 4 is 17.4 Å². The van der Waals surface area contributed by atoms with Gasteiger partial charge in [0.05, 0.1) is 5.56 Å². The molecular formula is C25H33N5O. The summed E-state index contributed by atoms with van der Waals surface area (Å²) in [6, 6.07) is 12.3. The first-order chi connectivity index (χ1) is 15.1. The van der Waals surface area contributed by atoms with Crippen molar-refractivity contribution in [1.82, 2.24) is 15.2 Å². The lowest BCUT2D eigenvalue weighted by Crippen LogP contribution is -2.39. The SMILES string of the molecule is CNC(=O)c1ccc(N2CCc3cc(N4CC[C@H](N5CCC[C@@H]5C)C4)ccc3C2)nc1. The minimum Gasteiger partial charge on any atom is -0.370 e. The predicted molar refractivity (Wildman–Crippen MR) is 125 cm³/mol. The van der Waals surface area contributed by atoms with Gasteiger partial charge in [-0.05, 0) is 74.5 Å². The van der Waals surface area contributed by atoms with E-state index < -0.39 is 0 Å². The van der Waals surface area contributed by atoms with Gasteiger partial charge < -0.3 is 15.1 Å². The van der Waals surface area contributed by atoms with E-state index in [9.17, 15) is 4.79 Å². The molecule has 0 radical (unpaired) electrons. The van der Waals surface area contributed by atoms with Crippen LogP contribution in [0.2, 0.25) is 0 Å². The summed E-state index contributed by atoms with van der Waals surface area (Å²) in [5.74, 6) is 0.836. The van der Waals surface area contributed by atoms with Crippen molar-refractivity contribution in [2.75, 3.05) is 43.0 Å². The van der Waals surface area contributed by atoms with Gasteiger partial charge in [-0.25, -0.2) is 4.98 Å². The van der Waals surface area contributed by atoms with E-state index in [1.807, 2.05) is 12.1 Å². The third kappa shape index (κ3) is 4.01. The van der Waals surface area contributed by atoms with E-state index >= 15 is 0 Å². The Hall–Kier alpha value is -2.60. The average molecular weight is 420 g/mol. The average Bonchev–Trinajstić information content (AvgIpc) is 3.47. The summed E-state index contributed by atoms with van der Waals surface area (Å²) < 4.78 is 0. The molecule has 1 aromatic carbocycles. The summed E-state index contributed by atoms with van der Waals surface area (Å²) in [4.78, 5) is 23.9. The first kappa shape index (κ1) is 20.3. The number of rotatable bonds is 4. The zero-order valence-electron chi connectivity index (χ0n) is 18.7. The lowest BCUT2D eigenvalue weighted by atomic mass is 9.98. The Bertz CT molecular complexity index is 943. The quantitative estimate of drug-likeness (QED) is 0.826. The van der Waals surface area contributed by atoms with Crippen molar-refractivity contribution in [3.8, 4) is 0 Å². The Morgan fingerprint density at radius 2 is 1.97 bits per heavy atom. The van der Waals surface area contributed by atoms with Gasteiger partial charge in [-0.1, -0.05) is 6.07 Å². The first-order valence-corrected chi connectivity index (χ1v) is 11.7. The summed E-state index contributed by atoms with van der Waals surface area (Å²) in [5.41, 5.74) is 4.83.